The number of amides is 2. The van der Waals surface area contributed by atoms with Crippen LogP contribution in [0.4, 0.5) is 17.1 Å². The topological polar surface area (TPSA) is 114 Å². The quantitative estimate of drug-likeness (QED) is 0.355. The van der Waals surface area contributed by atoms with Crippen molar-refractivity contribution in [1.82, 2.24) is 4.90 Å². The molecule has 0 aliphatic heterocycles. The summed E-state index contributed by atoms with van der Waals surface area (Å²) < 4.78 is 5.04. The summed E-state index contributed by atoms with van der Waals surface area (Å²) in [6.45, 7) is 1.65. The second-order valence-electron chi connectivity index (χ2n) is 6.57. The number of methoxy groups -OCH3 is 1. The van der Waals surface area contributed by atoms with Gasteiger partial charge in [-0.05, 0) is 37.9 Å². The first-order valence-corrected chi connectivity index (χ1v) is 10.2. The number of para-hydroxylation sites is 1. The third-order valence-electron chi connectivity index (χ3n) is 4.20. The number of benzene rings is 2. The van der Waals surface area contributed by atoms with E-state index < -0.39 is 4.92 Å². The number of nitrogens with one attached hydrogen (secondary N) is 2. The fourth-order valence-corrected chi connectivity index (χ4v) is 3.34. The van der Waals surface area contributed by atoms with Crippen LogP contribution in [0.15, 0.2) is 41.3 Å². The van der Waals surface area contributed by atoms with Gasteiger partial charge in [0.25, 0.3) is 0 Å². The van der Waals surface area contributed by atoms with E-state index in [2.05, 4.69) is 10.6 Å². The van der Waals surface area contributed by atoms with Gasteiger partial charge in [-0.3, -0.25) is 24.6 Å². The summed E-state index contributed by atoms with van der Waals surface area (Å²) in [6, 6.07) is 10.2. The lowest BCUT2D eigenvalue weighted by Crippen LogP contribution is -2.36. The maximum Gasteiger partial charge on any atom is 0.311 e. The van der Waals surface area contributed by atoms with E-state index in [-0.39, 0.29) is 36.3 Å². The van der Waals surface area contributed by atoms with Crippen LogP contribution < -0.4 is 15.4 Å². The van der Waals surface area contributed by atoms with Gasteiger partial charge in [-0.2, -0.15) is 0 Å². The molecule has 2 aromatic carbocycles. The summed E-state index contributed by atoms with van der Waals surface area (Å²) in [4.78, 5) is 37.7. The van der Waals surface area contributed by atoms with E-state index in [4.69, 9.17) is 4.74 Å². The van der Waals surface area contributed by atoms with Gasteiger partial charge in [0.2, 0.25) is 11.8 Å². The van der Waals surface area contributed by atoms with E-state index in [0.717, 1.165) is 10.6 Å². The van der Waals surface area contributed by atoms with Gasteiger partial charge in [0.15, 0.2) is 5.75 Å². The third kappa shape index (κ3) is 6.19. The number of aryl methyl sites for hydroxylation is 1. The molecule has 0 heterocycles. The number of carbonyl (C=O) groups is 2. The van der Waals surface area contributed by atoms with Crippen LogP contribution >= 0.6 is 11.8 Å². The van der Waals surface area contributed by atoms with Gasteiger partial charge in [-0.1, -0.05) is 12.1 Å². The Morgan fingerprint density at radius 1 is 1.13 bits per heavy atom. The molecule has 0 aliphatic carbocycles. The monoisotopic (exact) mass is 432 g/mol. The smallest absolute Gasteiger partial charge is 0.311 e. The maximum absolute atomic E-state index is 12.4. The number of nitro groups is 1. The van der Waals surface area contributed by atoms with Crippen molar-refractivity contribution in [2.24, 2.45) is 0 Å². The summed E-state index contributed by atoms with van der Waals surface area (Å²) in [7, 11) is 2.98. The van der Waals surface area contributed by atoms with E-state index in [0.29, 0.717) is 11.3 Å². The zero-order valence-electron chi connectivity index (χ0n) is 17.2. The molecule has 0 unspecified atom stereocenters. The number of nitro benzene ring substituents is 1. The minimum absolute atomic E-state index is 0.0265. The van der Waals surface area contributed by atoms with E-state index in [1.807, 2.05) is 30.5 Å². The molecule has 2 N–H and O–H groups in total. The molecule has 2 rings (SSSR count). The molecule has 0 bridgehead atoms. The highest BCUT2D eigenvalue weighted by atomic mass is 32.2. The molecule has 0 radical (unpaired) electrons. The highest BCUT2D eigenvalue weighted by Crippen LogP contribution is 2.32. The molecule has 0 saturated heterocycles. The fourth-order valence-electron chi connectivity index (χ4n) is 2.79. The van der Waals surface area contributed by atoms with Gasteiger partial charge in [-0.25, -0.2) is 0 Å². The second kappa shape index (κ2) is 10.6. The molecular weight excluding hydrogens is 408 g/mol. The first-order valence-electron chi connectivity index (χ1n) is 8.99. The molecule has 160 valence electrons. The number of rotatable bonds is 9. The van der Waals surface area contributed by atoms with E-state index in [1.54, 1.807) is 18.9 Å². The molecule has 0 aromatic heterocycles. The molecule has 2 amide bonds. The molecule has 2 aromatic rings. The highest BCUT2D eigenvalue weighted by Gasteiger charge is 2.19. The number of thioether (sulfide) groups is 1. The predicted octanol–water partition coefficient (Wildman–Crippen LogP) is 3.14. The Morgan fingerprint density at radius 2 is 1.73 bits per heavy atom. The van der Waals surface area contributed by atoms with Crippen LogP contribution in [0.25, 0.3) is 0 Å². The summed E-state index contributed by atoms with van der Waals surface area (Å²) in [6.07, 6.45) is 1.93. The Kier molecular flexibility index (Phi) is 8.19. The molecule has 10 heteroatoms. The van der Waals surface area contributed by atoms with Crippen molar-refractivity contribution in [3.05, 3.63) is 52.1 Å². The lowest BCUT2D eigenvalue weighted by molar-refractivity contribution is -0.385. The van der Waals surface area contributed by atoms with Crippen LogP contribution in [0.2, 0.25) is 0 Å². The summed E-state index contributed by atoms with van der Waals surface area (Å²) in [5.41, 5.74) is 1.49. The summed E-state index contributed by atoms with van der Waals surface area (Å²) >= 11 is 1.53. The first kappa shape index (κ1) is 23.2. The van der Waals surface area contributed by atoms with Crippen LogP contribution in [-0.4, -0.2) is 55.1 Å². The van der Waals surface area contributed by atoms with Crippen molar-refractivity contribution in [3.63, 3.8) is 0 Å². The van der Waals surface area contributed by atoms with E-state index in [9.17, 15) is 19.7 Å². The lowest BCUT2D eigenvalue weighted by Gasteiger charge is -2.17. The van der Waals surface area contributed by atoms with Gasteiger partial charge in [-0.15, -0.1) is 11.8 Å². The largest absolute Gasteiger partial charge is 0.490 e. The SMILES string of the molecule is COc1cc(NC(=O)CN(C)CC(=O)Nc2ccccc2SC)c(C)cc1[N+](=O)[O-]. The van der Waals surface area contributed by atoms with Gasteiger partial charge in [0.1, 0.15) is 0 Å². The number of hydrogen-bond donors (Lipinski definition) is 2. The van der Waals surface area contributed by atoms with Crippen LogP contribution in [-0.2, 0) is 9.59 Å². The average Bonchev–Trinajstić information content (AvgIpc) is 2.69. The minimum atomic E-state index is -0.543. The zero-order chi connectivity index (χ0) is 22.3. The standard InChI is InChI=1S/C20H24N4O5S/c1-13-9-16(24(27)28)17(29-3)10-15(13)22-20(26)12-23(2)11-19(25)21-14-7-5-6-8-18(14)30-4/h5-10H,11-12H2,1-4H3,(H,21,25)(H,22,26). The molecule has 0 aliphatic rings. The van der Waals surface area contributed by atoms with Crippen LogP contribution in [0.1, 0.15) is 5.56 Å². The number of ether oxygens (including phenoxy) is 1. The molecular formula is C20H24N4O5S. The zero-order valence-corrected chi connectivity index (χ0v) is 18.0. The fraction of sp³-hybridized carbons (Fsp3) is 0.300. The Labute approximate surface area is 178 Å². The van der Waals surface area contributed by atoms with Crippen molar-refractivity contribution in [1.29, 1.82) is 0 Å². The van der Waals surface area contributed by atoms with E-state index >= 15 is 0 Å². The van der Waals surface area contributed by atoms with Crippen LogP contribution in [0, 0.1) is 17.0 Å². The molecule has 0 saturated carbocycles. The number of nitrogens with zero attached hydrogens (tertiary/aromatic N) is 2. The number of carbonyl (C=O) groups excluding carboxylic acids is 2. The molecule has 0 atom stereocenters. The van der Waals surface area contributed by atoms with Crippen molar-refractivity contribution in [2.45, 2.75) is 11.8 Å². The molecule has 30 heavy (non-hydrogen) atoms. The van der Waals surface area contributed by atoms with Gasteiger partial charge < -0.3 is 15.4 Å². The Bertz CT molecular complexity index is 951. The van der Waals surface area contributed by atoms with Crippen molar-refractivity contribution in [3.8, 4) is 5.75 Å². The summed E-state index contributed by atoms with van der Waals surface area (Å²) in [5.74, 6) is -0.533. The van der Waals surface area contributed by atoms with Gasteiger partial charge >= 0.3 is 5.69 Å². The highest BCUT2D eigenvalue weighted by molar-refractivity contribution is 7.98. The Morgan fingerprint density at radius 3 is 2.30 bits per heavy atom. The van der Waals surface area contributed by atoms with Crippen LogP contribution in [0.5, 0.6) is 5.75 Å². The number of hydrogen-bond acceptors (Lipinski definition) is 7. The number of likely N-dealkylation sites (N-methyl/N-ethyl adjacent to an activating group) is 1. The second-order valence-corrected chi connectivity index (χ2v) is 7.41. The maximum atomic E-state index is 12.4. The van der Waals surface area contributed by atoms with Crippen molar-refractivity contribution >= 4 is 40.6 Å². The Balaban J connectivity index is 1.96. The van der Waals surface area contributed by atoms with E-state index in [1.165, 1.54) is 31.0 Å². The predicted molar refractivity (Wildman–Crippen MR) is 117 cm³/mol. The molecule has 0 spiro atoms. The van der Waals surface area contributed by atoms with Gasteiger partial charge in [0, 0.05) is 22.7 Å². The lowest BCUT2D eigenvalue weighted by atomic mass is 10.1. The van der Waals surface area contributed by atoms with Crippen LogP contribution in [0.3, 0.4) is 0 Å². The molecule has 0 fully saturated rings. The Hall–Kier alpha value is -3.11. The minimum Gasteiger partial charge on any atom is -0.490 e. The number of anilines is 2. The van der Waals surface area contributed by atoms with Crippen molar-refractivity contribution in [2.75, 3.05) is 44.1 Å². The first-order chi connectivity index (χ1) is 14.2. The molecule has 9 nitrogen and oxygen atoms in total. The average molecular weight is 433 g/mol. The normalized spacial score (nSPS) is 10.6. The third-order valence-corrected chi connectivity index (χ3v) is 5.00. The summed E-state index contributed by atoms with van der Waals surface area (Å²) in [5, 5.41) is 16.6. The van der Waals surface area contributed by atoms with Gasteiger partial charge in [0.05, 0.1) is 30.8 Å². The van der Waals surface area contributed by atoms with Crippen molar-refractivity contribution < 1.29 is 19.2 Å².